The Morgan fingerprint density at radius 1 is 1.06 bits per heavy atom. The first kappa shape index (κ1) is 21.5. The second kappa shape index (κ2) is 8.16. The van der Waals surface area contributed by atoms with Gasteiger partial charge in [0.15, 0.2) is 5.82 Å². The number of aromatic nitrogens is 4. The van der Waals surface area contributed by atoms with E-state index >= 15 is 0 Å². The lowest BCUT2D eigenvalue weighted by molar-refractivity contribution is 0.136. The molecule has 1 N–H and O–H groups in total. The zero-order valence-corrected chi connectivity index (χ0v) is 21.0. The van der Waals surface area contributed by atoms with E-state index in [1.807, 2.05) is 24.9 Å². The second-order valence-electron chi connectivity index (χ2n) is 11.7. The molecule has 1 aliphatic heterocycles. The summed E-state index contributed by atoms with van der Waals surface area (Å²) in [6.07, 6.45) is 14.0. The van der Waals surface area contributed by atoms with Crippen molar-refractivity contribution in [3.8, 4) is 11.3 Å². The Bertz CT molecular complexity index is 1280. The van der Waals surface area contributed by atoms with Crippen LogP contribution in [0, 0.1) is 36.0 Å². The monoisotopic (exact) mass is 468 g/mol. The first-order chi connectivity index (χ1) is 17.1. The standard InChI is InChI=1S/C29H36N6/c1-19-26(18-34(2)33-19)27-24-5-3-4-6-25(24)28(32-31-27)30-16-23-15-29(23)9-11-35(12-10-29)17-22-14-20-7-8-21(22)13-20/h3-8,18,20-23H,9-17H2,1-2H3,(H,30,32). The average molecular weight is 469 g/mol. The number of anilines is 1. The number of benzene rings is 1. The third-order valence-electron chi connectivity index (χ3n) is 9.59. The summed E-state index contributed by atoms with van der Waals surface area (Å²) in [5, 5.41) is 19.8. The van der Waals surface area contributed by atoms with Crippen molar-refractivity contribution in [1.82, 2.24) is 24.9 Å². The predicted molar refractivity (Wildman–Crippen MR) is 140 cm³/mol. The van der Waals surface area contributed by atoms with Gasteiger partial charge in [-0.2, -0.15) is 5.10 Å². The summed E-state index contributed by atoms with van der Waals surface area (Å²) in [4.78, 5) is 2.77. The molecule has 2 aromatic heterocycles. The Kier molecular flexibility index (Phi) is 5.02. The largest absolute Gasteiger partial charge is 0.368 e. The third kappa shape index (κ3) is 3.77. The first-order valence-corrected chi connectivity index (χ1v) is 13.5. The van der Waals surface area contributed by atoms with Crippen molar-refractivity contribution in [1.29, 1.82) is 0 Å². The molecule has 2 bridgehead atoms. The molecule has 35 heavy (non-hydrogen) atoms. The van der Waals surface area contributed by atoms with Crippen molar-refractivity contribution in [2.75, 3.05) is 31.5 Å². The second-order valence-corrected chi connectivity index (χ2v) is 11.7. The van der Waals surface area contributed by atoms with Gasteiger partial charge in [0.1, 0.15) is 5.69 Å². The van der Waals surface area contributed by atoms with Crippen molar-refractivity contribution < 1.29 is 0 Å². The highest BCUT2D eigenvalue weighted by atomic mass is 15.3. The van der Waals surface area contributed by atoms with Crippen LogP contribution in [0.1, 0.15) is 37.8 Å². The number of nitrogens with one attached hydrogen (secondary N) is 1. The maximum Gasteiger partial charge on any atom is 0.156 e. The predicted octanol–water partition coefficient (Wildman–Crippen LogP) is 5.06. The zero-order chi connectivity index (χ0) is 23.6. The molecule has 3 heterocycles. The summed E-state index contributed by atoms with van der Waals surface area (Å²) >= 11 is 0. The molecule has 3 aromatic rings. The van der Waals surface area contributed by atoms with E-state index in [1.165, 1.54) is 51.7 Å². The number of hydrogen-bond donors (Lipinski definition) is 1. The highest BCUT2D eigenvalue weighted by Crippen LogP contribution is 2.59. The molecule has 6 heteroatoms. The molecule has 182 valence electrons. The number of allylic oxidation sites excluding steroid dienone is 2. The van der Waals surface area contributed by atoms with E-state index in [4.69, 9.17) is 0 Å². The smallest absolute Gasteiger partial charge is 0.156 e. The van der Waals surface area contributed by atoms with Gasteiger partial charge in [0.2, 0.25) is 0 Å². The van der Waals surface area contributed by atoms with Crippen molar-refractivity contribution in [2.24, 2.45) is 36.1 Å². The molecule has 1 spiro atoms. The van der Waals surface area contributed by atoms with Crippen LogP contribution in [0.4, 0.5) is 5.82 Å². The minimum atomic E-state index is 0.564. The molecule has 6 nitrogen and oxygen atoms in total. The average Bonchev–Trinajstić information content (AvgIpc) is 3.19. The van der Waals surface area contributed by atoms with Crippen LogP contribution in [-0.2, 0) is 7.05 Å². The van der Waals surface area contributed by atoms with Gasteiger partial charge in [-0.1, -0.05) is 36.4 Å². The van der Waals surface area contributed by atoms with Gasteiger partial charge in [-0.15, -0.1) is 10.2 Å². The molecule has 1 aromatic carbocycles. The Morgan fingerprint density at radius 2 is 1.89 bits per heavy atom. The minimum absolute atomic E-state index is 0.564. The van der Waals surface area contributed by atoms with Gasteiger partial charge in [0.25, 0.3) is 0 Å². The molecule has 2 saturated carbocycles. The number of rotatable bonds is 6. The number of aryl methyl sites for hydroxylation is 2. The van der Waals surface area contributed by atoms with Crippen molar-refractivity contribution in [3.63, 3.8) is 0 Å². The summed E-state index contributed by atoms with van der Waals surface area (Å²) in [5.41, 5.74) is 3.51. The van der Waals surface area contributed by atoms with E-state index in [2.05, 4.69) is 61.9 Å². The highest BCUT2D eigenvalue weighted by molar-refractivity contribution is 6.00. The number of nitrogens with zero attached hydrogens (tertiary/aromatic N) is 5. The fourth-order valence-corrected chi connectivity index (χ4v) is 7.44. The van der Waals surface area contributed by atoms with Gasteiger partial charge in [0.05, 0.1) is 5.69 Å². The van der Waals surface area contributed by atoms with Crippen LogP contribution in [0.2, 0.25) is 0 Å². The normalized spacial score (nSPS) is 28.9. The van der Waals surface area contributed by atoms with Gasteiger partial charge >= 0.3 is 0 Å². The summed E-state index contributed by atoms with van der Waals surface area (Å²) in [7, 11) is 1.95. The third-order valence-corrected chi connectivity index (χ3v) is 9.59. The van der Waals surface area contributed by atoms with Crippen molar-refractivity contribution in [3.05, 3.63) is 48.3 Å². The molecule has 1 saturated heterocycles. The van der Waals surface area contributed by atoms with Crippen molar-refractivity contribution in [2.45, 2.75) is 39.0 Å². The van der Waals surface area contributed by atoms with E-state index < -0.39 is 0 Å². The van der Waals surface area contributed by atoms with Gasteiger partial charge in [-0.25, -0.2) is 0 Å². The number of piperidine rings is 1. The maximum absolute atomic E-state index is 4.65. The molecule has 4 atom stereocenters. The molecule has 7 rings (SSSR count). The van der Waals surface area contributed by atoms with Crippen molar-refractivity contribution >= 4 is 16.6 Å². The minimum Gasteiger partial charge on any atom is -0.368 e. The van der Waals surface area contributed by atoms with E-state index in [9.17, 15) is 0 Å². The number of fused-ring (bicyclic) bond motifs is 3. The highest BCUT2D eigenvalue weighted by Gasteiger charge is 2.54. The van der Waals surface area contributed by atoms with Gasteiger partial charge in [0, 0.05) is 42.7 Å². The summed E-state index contributed by atoms with van der Waals surface area (Å²) in [6.45, 7) is 6.94. The molecule has 4 aliphatic rings. The lowest BCUT2D eigenvalue weighted by atomic mass is 9.88. The van der Waals surface area contributed by atoms with Crippen LogP contribution in [0.3, 0.4) is 0 Å². The van der Waals surface area contributed by atoms with Crippen LogP contribution in [-0.4, -0.2) is 51.1 Å². The van der Waals surface area contributed by atoms with E-state index in [-0.39, 0.29) is 0 Å². The number of hydrogen-bond acceptors (Lipinski definition) is 5. The molecule has 0 amide bonds. The molecule has 3 aliphatic carbocycles. The summed E-state index contributed by atoms with van der Waals surface area (Å²) in [6, 6.07) is 8.49. The van der Waals surface area contributed by atoms with Crippen LogP contribution < -0.4 is 5.32 Å². The van der Waals surface area contributed by atoms with Crippen LogP contribution >= 0.6 is 0 Å². The quantitative estimate of drug-likeness (QED) is 0.512. The fraction of sp³-hybridized carbons (Fsp3) is 0.552. The summed E-state index contributed by atoms with van der Waals surface area (Å²) in [5.74, 6) is 4.35. The molecular weight excluding hydrogens is 432 g/mol. The SMILES string of the molecule is Cc1nn(C)cc1-c1nnc(NCC2CC23CCN(CC2CC4C=CC2C4)CC3)c2ccccc12. The Labute approximate surface area is 207 Å². The lowest BCUT2D eigenvalue weighted by Crippen LogP contribution is -2.39. The first-order valence-electron chi connectivity index (χ1n) is 13.5. The lowest BCUT2D eigenvalue weighted by Gasteiger charge is -2.35. The molecule has 4 unspecified atom stereocenters. The van der Waals surface area contributed by atoms with Gasteiger partial charge in [-0.05, 0) is 81.2 Å². The van der Waals surface area contributed by atoms with Gasteiger partial charge < -0.3 is 10.2 Å². The number of likely N-dealkylation sites (tertiary alicyclic amines) is 1. The van der Waals surface area contributed by atoms with Gasteiger partial charge in [-0.3, -0.25) is 4.68 Å². The Morgan fingerprint density at radius 3 is 2.60 bits per heavy atom. The maximum atomic E-state index is 4.65. The zero-order valence-electron chi connectivity index (χ0n) is 21.0. The topological polar surface area (TPSA) is 58.9 Å². The molecule has 0 radical (unpaired) electrons. The van der Waals surface area contributed by atoms with Crippen LogP contribution in [0.15, 0.2) is 42.6 Å². The molecular formula is C29H36N6. The Balaban J connectivity index is 0.996. The molecule has 3 fully saturated rings. The fourth-order valence-electron chi connectivity index (χ4n) is 7.44. The van der Waals surface area contributed by atoms with Crippen LogP contribution in [0.25, 0.3) is 22.0 Å². The van der Waals surface area contributed by atoms with E-state index in [0.29, 0.717) is 5.41 Å². The van der Waals surface area contributed by atoms with E-state index in [0.717, 1.165) is 63.8 Å². The van der Waals surface area contributed by atoms with E-state index in [1.54, 1.807) is 0 Å². The Hall–Kier alpha value is -2.73. The van der Waals surface area contributed by atoms with Crippen LogP contribution in [0.5, 0.6) is 0 Å². The summed E-state index contributed by atoms with van der Waals surface area (Å²) < 4.78 is 1.85.